The van der Waals surface area contributed by atoms with E-state index < -0.39 is 4.92 Å². The van der Waals surface area contributed by atoms with Crippen LogP contribution in [0, 0.1) is 10.1 Å². The molecular formula is C13H15NO5. The molecule has 1 aromatic rings. The highest BCUT2D eigenvalue weighted by molar-refractivity contribution is 5.79. The second kappa shape index (κ2) is 6.53. The van der Waals surface area contributed by atoms with Gasteiger partial charge in [-0.25, -0.2) is 0 Å². The standard InChI is InChI=1S/C13H15NO5/c1-4-18-12-6-10(7-15)5-11(14(16)17)13(12)19-8-9(2)3/h5-7H,2,4,8H2,1,3H3. The van der Waals surface area contributed by atoms with Crippen molar-refractivity contribution in [3.8, 4) is 11.5 Å². The van der Waals surface area contributed by atoms with Crippen molar-refractivity contribution in [1.29, 1.82) is 0 Å². The molecular weight excluding hydrogens is 250 g/mol. The van der Waals surface area contributed by atoms with Crippen molar-refractivity contribution in [3.63, 3.8) is 0 Å². The first-order valence-electron chi connectivity index (χ1n) is 5.67. The third kappa shape index (κ3) is 3.80. The summed E-state index contributed by atoms with van der Waals surface area (Å²) in [5.41, 5.74) is 0.586. The zero-order chi connectivity index (χ0) is 14.4. The van der Waals surface area contributed by atoms with Gasteiger partial charge in [-0.2, -0.15) is 0 Å². The predicted molar refractivity (Wildman–Crippen MR) is 70.0 cm³/mol. The van der Waals surface area contributed by atoms with Crippen molar-refractivity contribution in [1.82, 2.24) is 0 Å². The van der Waals surface area contributed by atoms with E-state index in [1.807, 2.05) is 0 Å². The minimum Gasteiger partial charge on any atom is -0.490 e. The number of carbonyl (C=O) groups excluding carboxylic acids is 1. The van der Waals surface area contributed by atoms with Crippen molar-refractivity contribution in [2.24, 2.45) is 0 Å². The second-order valence-corrected chi connectivity index (χ2v) is 3.92. The van der Waals surface area contributed by atoms with Gasteiger partial charge in [0.1, 0.15) is 12.9 Å². The summed E-state index contributed by atoms with van der Waals surface area (Å²) in [6.45, 7) is 7.59. The van der Waals surface area contributed by atoms with E-state index in [0.29, 0.717) is 12.9 Å². The van der Waals surface area contributed by atoms with Crippen LogP contribution >= 0.6 is 0 Å². The third-order valence-electron chi connectivity index (χ3n) is 2.15. The molecule has 0 aromatic heterocycles. The summed E-state index contributed by atoms with van der Waals surface area (Å²) in [5, 5.41) is 11.0. The molecule has 0 bridgehead atoms. The van der Waals surface area contributed by atoms with Crippen LogP contribution < -0.4 is 9.47 Å². The lowest BCUT2D eigenvalue weighted by atomic mass is 10.2. The molecule has 0 fully saturated rings. The summed E-state index contributed by atoms with van der Waals surface area (Å²) in [6.07, 6.45) is 0.526. The maximum absolute atomic E-state index is 11.0. The van der Waals surface area contributed by atoms with E-state index in [1.54, 1.807) is 13.8 Å². The minimum absolute atomic E-state index is 0.0143. The van der Waals surface area contributed by atoms with Crippen LogP contribution in [0.5, 0.6) is 11.5 Å². The Morgan fingerprint density at radius 2 is 2.16 bits per heavy atom. The summed E-state index contributed by atoms with van der Waals surface area (Å²) in [6, 6.07) is 2.57. The number of nitrogens with zero attached hydrogens (tertiary/aromatic N) is 1. The van der Waals surface area contributed by atoms with Gasteiger partial charge in [0.15, 0.2) is 5.75 Å². The fraction of sp³-hybridized carbons (Fsp3) is 0.308. The molecule has 0 N–H and O–H groups in total. The van der Waals surface area contributed by atoms with Crippen molar-refractivity contribution in [3.05, 3.63) is 40.0 Å². The predicted octanol–water partition coefficient (Wildman–Crippen LogP) is 2.76. The number of ether oxygens (including phenoxy) is 2. The lowest BCUT2D eigenvalue weighted by Gasteiger charge is -2.12. The fourth-order valence-electron chi connectivity index (χ4n) is 1.42. The van der Waals surface area contributed by atoms with E-state index >= 15 is 0 Å². The number of aldehydes is 1. The van der Waals surface area contributed by atoms with Gasteiger partial charge in [0.2, 0.25) is 5.75 Å². The summed E-state index contributed by atoms with van der Waals surface area (Å²) in [5.74, 6) is 0.195. The van der Waals surface area contributed by atoms with Crippen LogP contribution in [0.25, 0.3) is 0 Å². The largest absolute Gasteiger partial charge is 0.490 e. The molecule has 0 heterocycles. The van der Waals surface area contributed by atoms with Crippen LogP contribution in [-0.4, -0.2) is 24.4 Å². The highest BCUT2D eigenvalue weighted by atomic mass is 16.6. The smallest absolute Gasteiger partial charge is 0.315 e. The maximum atomic E-state index is 11.0. The number of rotatable bonds is 7. The van der Waals surface area contributed by atoms with E-state index in [-0.39, 0.29) is 29.4 Å². The van der Waals surface area contributed by atoms with Crippen molar-refractivity contribution in [2.75, 3.05) is 13.2 Å². The molecule has 0 unspecified atom stereocenters. The quantitative estimate of drug-likeness (QED) is 0.328. The monoisotopic (exact) mass is 265 g/mol. The van der Waals surface area contributed by atoms with Crippen LogP contribution in [0.15, 0.2) is 24.3 Å². The molecule has 0 saturated carbocycles. The summed E-state index contributed by atoms with van der Waals surface area (Å²) in [4.78, 5) is 21.2. The molecule has 19 heavy (non-hydrogen) atoms. The molecule has 0 spiro atoms. The van der Waals surface area contributed by atoms with Crippen molar-refractivity contribution in [2.45, 2.75) is 13.8 Å². The molecule has 0 aliphatic rings. The van der Waals surface area contributed by atoms with E-state index in [2.05, 4.69) is 6.58 Å². The van der Waals surface area contributed by atoms with Gasteiger partial charge in [-0.1, -0.05) is 6.58 Å². The molecule has 6 nitrogen and oxygen atoms in total. The van der Waals surface area contributed by atoms with Crippen LogP contribution in [-0.2, 0) is 0 Å². The van der Waals surface area contributed by atoms with Crippen LogP contribution in [0.3, 0.4) is 0 Å². The topological polar surface area (TPSA) is 78.7 Å². The molecule has 0 saturated heterocycles. The highest BCUT2D eigenvalue weighted by Crippen LogP contribution is 2.38. The summed E-state index contributed by atoms with van der Waals surface area (Å²) in [7, 11) is 0. The number of benzene rings is 1. The Bertz CT molecular complexity index is 510. The van der Waals surface area contributed by atoms with E-state index in [0.717, 1.165) is 11.6 Å². The first-order valence-corrected chi connectivity index (χ1v) is 5.67. The van der Waals surface area contributed by atoms with Gasteiger partial charge in [-0.15, -0.1) is 0 Å². The SMILES string of the molecule is C=C(C)COc1c(OCC)cc(C=O)cc1[N+](=O)[O-]. The van der Waals surface area contributed by atoms with Gasteiger partial charge in [-0.05, 0) is 25.5 Å². The number of hydrogen-bond acceptors (Lipinski definition) is 5. The fourth-order valence-corrected chi connectivity index (χ4v) is 1.42. The molecule has 1 aromatic carbocycles. The molecule has 0 radical (unpaired) electrons. The maximum Gasteiger partial charge on any atom is 0.315 e. The van der Waals surface area contributed by atoms with E-state index in [9.17, 15) is 14.9 Å². The normalized spacial score (nSPS) is 9.79. The highest BCUT2D eigenvalue weighted by Gasteiger charge is 2.22. The van der Waals surface area contributed by atoms with Gasteiger partial charge in [0.05, 0.1) is 11.5 Å². The van der Waals surface area contributed by atoms with Gasteiger partial charge in [-0.3, -0.25) is 14.9 Å². The molecule has 0 amide bonds. The van der Waals surface area contributed by atoms with E-state index in [4.69, 9.17) is 9.47 Å². The van der Waals surface area contributed by atoms with Crippen LogP contribution in [0.1, 0.15) is 24.2 Å². The van der Waals surface area contributed by atoms with Crippen LogP contribution in [0.2, 0.25) is 0 Å². The molecule has 102 valence electrons. The Labute approximate surface area is 110 Å². The Kier molecular flexibility index (Phi) is 5.05. The Hall–Kier alpha value is -2.37. The lowest BCUT2D eigenvalue weighted by Crippen LogP contribution is -2.05. The molecule has 0 aliphatic heterocycles. The van der Waals surface area contributed by atoms with Crippen molar-refractivity contribution >= 4 is 12.0 Å². The van der Waals surface area contributed by atoms with Gasteiger partial charge >= 0.3 is 5.69 Å². The zero-order valence-corrected chi connectivity index (χ0v) is 10.8. The molecule has 1 rings (SSSR count). The number of nitro groups is 1. The van der Waals surface area contributed by atoms with Crippen LogP contribution in [0.4, 0.5) is 5.69 Å². The van der Waals surface area contributed by atoms with Gasteiger partial charge in [0, 0.05) is 11.6 Å². The third-order valence-corrected chi connectivity index (χ3v) is 2.15. The average molecular weight is 265 g/mol. The second-order valence-electron chi connectivity index (χ2n) is 3.92. The number of nitro benzene ring substituents is 1. The lowest BCUT2D eigenvalue weighted by molar-refractivity contribution is -0.385. The zero-order valence-electron chi connectivity index (χ0n) is 10.8. The molecule has 0 aliphatic carbocycles. The summed E-state index contributed by atoms with van der Waals surface area (Å²) < 4.78 is 10.6. The Balaban J connectivity index is 3.30. The Morgan fingerprint density at radius 1 is 1.47 bits per heavy atom. The molecule has 6 heteroatoms. The van der Waals surface area contributed by atoms with Gasteiger partial charge < -0.3 is 9.47 Å². The first kappa shape index (κ1) is 14.7. The van der Waals surface area contributed by atoms with E-state index in [1.165, 1.54) is 6.07 Å². The van der Waals surface area contributed by atoms with Crippen molar-refractivity contribution < 1.29 is 19.2 Å². The average Bonchev–Trinajstić information content (AvgIpc) is 2.36. The summed E-state index contributed by atoms with van der Waals surface area (Å²) >= 11 is 0. The first-order chi connectivity index (χ1) is 8.99. The minimum atomic E-state index is -0.608. The Morgan fingerprint density at radius 3 is 2.63 bits per heavy atom. The van der Waals surface area contributed by atoms with Gasteiger partial charge in [0.25, 0.3) is 0 Å². The molecule has 0 atom stereocenters. The number of carbonyl (C=O) groups is 1. The number of hydrogen-bond donors (Lipinski definition) is 0.